The van der Waals surface area contributed by atoms with Crippen LogP contribution in [0.2, 0.25) is 0 Å². The summed E-state index contributed by atoms with van der Waals surface area (Å²) in [5.74, 6) is 6.49. The second-order valence-corrected chi connectivity index (χ2v) is 8.89. The normalized spacial score (nSPS) is 22.1. The topological polar surface area (TPSA) is 85.3 Å². The molecule has 1 radical (unpaired) electrons. The predicted molar refractivity (Wildman–Crippen MR) is 135 cm³/mol. The molecule has 1 fully saturated rings. The summed E-state index contributed by atoms with van der Waals surface area (Å²) in [4.78, 5) is 20.3. The van der Waals surface area contributed by atoms with Gasteiger partial charge in [-0.2, -0.15) is 5.90 Å². The van der Waals surface area contributed by atoms with Gasteiger partial charge in [0.15, 0.2) is 5.82 Å². The van der Waals surface area contributed by atoms with Crippen molar-refractivity contribution in [3.63, 3.8) is 0 Å². The van der Waals surface area contributed by atoms with Gasteiger partial charge in [-0.1, -0.05) is 44.7 Å². The van der Waals surface area contributed by atoms with Crippen LogP contribution in [0, 0.1) is 18.9 Å². The molecule has 7 nitrogen and oxygen atoms in total. The Hall–Kier alpha value is -3.29. The number of benzene rings is 1. The second-order valence-electron chi connectivity index (χ2n) is 8.89. The van der Waals surface area contributed by atoms with Crippen LogP contribution in [0.15, 0.2) is 58.8 Å². The standard InChI is InChI=1S/C27H32N5O2/c1-6-21-8-10-22(11-9-21)23-14-27(7-2,16-33-23)20(5)31-24(34-28)15-32-17-30-26-25(19(32)4)18(3)12-13-29-26/h4,8-13,17,23H,5-7,14-16,28H2,1-3H3/t23-,27+/m1/s1. The Balaban J connectivity index is 1.50. The molecule has 177 valence electrons. The van der Waals surface area contributed by atoms with E-state index < -0.39 is 0 Å². The lowest BCUT2D eigenvalue weighted by Gasteiger charge is -2.28. The molecule has 1 aromatic carbocycles. The van der Waals surface area contributed by atoms with Crippen LogP contribution in [0.25, 0.3) is 5.70 Å². The number of pyridine rings is 1. The van der Waals surface area contributed by atoms with Gasteiger partial charge >= 0.3 is 0 Å². The molecule has 0 bridgehead atoms. The number of aryl methyl sites for hydroxylation is 2. The van der Waals surface area contributed by atoms with Crippen LogP contribution in [0.5, 0.6) is 0 Å². The highest BCUT2D eigenvalue weighted by molar-refractivity contribution is 5.90. The number of nitrogens with two attached hydrogens (primary N) is 1. The number of hydrogen-bond acceptors (Lipinski definition) is 7. The third-order valence-electron chi connectivity index (χ3n) is 6.91. The molecule has 0 spiro atoms. The molecule has 2 aromatic rings. The molecule has 3 heterocycles. The molecule has 0 aliphatic carbocycles. The highest BCUT2D eigenvalue weighted by atomic mass is 16.6. The fourth-order valence-electron chi connectivity index (χ4n) is 4.49. The SMILES string of the molecule is [CH]=C1c2c(C)ccnc2N=CN1CC(=NC(=C)[C@]1(CC)CO[C@@H](c2ccc(CC)cc2)C1)ON. The van der Waals surface area contributed by atoms with Gasteiger partial charge in [-0.05, 0) is 55.5 Å². The molecule has 2 atom stereocenters. The van der Waals surface area contributed by atoms with Crippen molar-refractivity contribution < 1.29 is 9.57 Å². The molecular weight excluding hydrogens is 426 g/mol. The largest absolute Gasteiger partial charge is 0.394 e. The molecule has 0 amide bonds. The lowest BCUT2D eigenvalue weighted by molar-refractivity contribution is 0.0992. The van der Waals surface area contributed by atoms with Gasteiger partial charge in [0.1, 0.15) is 6.54 Å². The Morgan fingerprint density at radius 1 is 1.32 bits per heavy atom. The third kappa shape index (κ3) is 4.54. The van der Waals surface area contributed by atoms with Crippen LogP contribution < -0.4 is 5.90 Å². The van der Waals surface area contributed by atoms with Crippen molar-refractivity contribution in [3.8, 4) is 0 Å². The zero-order chi connectivity index (χ0) is 24.3. The summed E-state index contributed by atoms with van der Waals surface area (Å²) in [7, 11) is 0. The van der Waals surface area contributed by atoms with Crippen LogP contribution in [-0.4, -0.2) is 35.3 Å². The molecule has 2 aliphatic heterocycles. The summed E-state index contributed by atoms with van der Waals surface area (Å²) >= 11 is 0. The average Bonchev–Trinajstić information content (AvgIpc) is 3.31. The summed E-state index contributed by atoms with van der Waals surface area (Å²) in [6, 6.07) is 10.5. The maximum Gasteiger partial charge on any atom is 0.233 e. The molecule has 1 aromatic heterocycles. The third-order valence-corrected chi connectivity index (χ3v) is 6.91. The van der Waals surface area contributed by atoms with Crippen molar-refractivity contribution in [2.45, 2.75) is 46.1 Å². The van der Waals surface area contributed by atoms with Gasteiger partial charge in [0.25, 0.3) is 0 Å². The van der Waals surface area contributed by atoms with Gasteiger partial charge in [-0.15, -0.1) is 0 Å². The van der Waals surface area contributed by atoms with E-state index in [1.807, 2.05) is 13.0 Å². The number of ether oxygens (including phenoxy) is 1. The number of hydrogen-bond donors (Lipinski definition) is 1. The minimum absolute atomic E-state index is 0.00485. The van der Waals surface area contributed by atoms with Crippen LogP contribution in [0.1, 0.15) is 55.0 Å². The first kappa shape index (κ1) is 23.9. The van der Waals surface area contributed by atoms with Gasteiger partial charge in [0, 0.05) is 22.9 Å². The van der Waals surface area contributed by atoms with Crippen molar-refractivity contribution in [2.24, 2.45) is 21.3 Å². The Labute approximate surface area is 201 Å². The minimum atomic E-state index is -0.295. The van der Waals surface area contributed by atoms with Crippen molar-refractivity contribution in [1.82, 2.24) is 9.88 Å². The number of aliphatic imine (C=N–C) groups is 2. The summed E-state index contributed by atoms with van der Waals surface area (Å²) in [6.07, 6.45) is 5.99. The fraction of sp³-hybridized carbons (Fsp3) is 0.370. The maximum atomic E-state index is 6.42. The number of fused-ring (bicyclic) bond motifs is 1. The molecule has 1 saturated heterocycles. The van der Waals surface area contributed by atoms with Gasteiger partial charge < -0.3 is 14.5 Å². The number of aromatic nitrogens is 1. The molecule has 4 rings (SSSR count). The van der Waals surface area contributed by atoms with E-state index in [4.69, 9.17) is 22.1 Å². The molecule has 2 aliphatic rings. The monoisotopic (exact) mass is 458 g/mol. The van der Waals surface area contributed by atoms with Crippen molar-refractivity contribution in [1.29, 1.82) is 0 Å². The van der Waals surface area contributed by atoms with Crippen molar-refractivity contribution in [2.75, 3.05) is 13.2 Å². The first-order chi connectivity index (χ1) is 16.4. The Morgan fingerprint density at radius 2 is 2.09 bits per heavy atom. The first-order valence-corrected chi connectivity index (χ1v) is 11.6. The smallest absolute Gasteiger partial charge is 0.233 e. The average molecular weight is 459 g/mol. The zero-order valence-corrected chi connectivity index (χ0v) is 20.1. The summed E-state index contributed by atoms with van der Waals surface area (Å²) in [5, 5.41) is 0. The lowest BCUT2D eigenvalue weighted by atomic mass is 9.79. The zero-order valence-electron chi connectivity index (χ0n) is 20.1. The molecule has 2 N–H and O–H groups in total. The Morgan fingerprint density at radius 3 is 2.76 bits per heavy atom. The van der Waals surface area contributed by atoms with E-state index in [2.05, 4.69) is 59.7 Å². The van der Waals surface area contributed by atoms with E-state index in [1.54, 1.807) is 17.4 Å². The highest BCUT2D eigenvalue weighted by Crippen LogP contribution is 2.48. The molecular formula is C27H32N5O2. The van der Waals surface area contributed by atoms with Crippen LogP contribution in [0.4, 0.5) is 5.82 Å². The van der Waals surface area contributed by atoms with E-state index >= 15 is 0 Å². The maximum absolute atomic E-state index is 6.42. The van der Waals surface area contributed by atoms with Gasteiger partial charge in [-0.3, -0.25) is 0 Å². The summed E-state index contributed by atoms with van der Waals surface area (Å²) < 4.78 is 6.21. The highest BCUT2D eigenvalue weighted by Gasteiger charge is 2.42. The van der Waals surface area contributed by atoms with Gasteiger partial charge in [0.05, 0.1) is 24.7 Å². The summed E-state index contributed by atoms with van der Waals surface area (Å²) in [5.41, 5.74) is 5.20. The van der Waals surface area contributed by atoms with Crippen LogP contribution in [0.3, 0.4) is 0 Å². The van der Waals surface area contributed by atoms with Crippen LogP contribution >= 0.6 is 0 Å². The minimum Gasteiger partial charge on any atom is -0.394 e. The Kier molecular flexibility index (Phi) is 6.95. The molecule has 7 heteroatoms. The Bertz CT molecular complexity index is 1140. The fourth-order valence-corrected chi connectivity index (χ4v) is 4.49. The second kappa shape index (κ2) is 9.91. The van der Waals surface area contributed by atoms with E-state index in [0.717, 1.165) is 30.4 Å². The first-order valence-electron chi connectivity index (χ1n) is 11.6. The molecule has 34 heavy (non-hydrogen) atoms. The lowest BCUT2D eigenvalue weighted by Crippen LogP contribution is -2.32. The quantitative estimate of drug-likeness (QED) is 0.356. The summed E-state index contributed by atoms with van der Waals surface area (Å²) in [6.45, 7) is 17.7. The molecule has 0 saturated carbocycles. The molecule has 0 unspecified atom stereocenters. The number of nitrogens with zero attached hydrogens (tertiary/aromatic N) is 4. The van der Waals surface area contributed by atoms with E-state index in [9.17, 15) is 0 Å². The van der Waals surface area contributed by atoms with Crippen molar-refractivity contribution >= 4 is 23.8 Å². The predicted octanol–water partition coefficient (Wildman–Crippen LogP) is 5.06. The van der Waals surface area contributed by atoms with Crippen LogP contribution in [-0.2, 0) is 16.0 Å². The van der Waals surface area contributed by atoms with E-state index in [-0.39, 0.29) is 18.1 Å². The van der Waals surface area contributed by atoms with Gasteiger partial charge in [0.2, 0.25) is 5.90 Å². The van der Waals surface area contributed by atoms with Gasteiger partial charge in [-0.25, -0.2) is 15.0 Å². The number of rotatable bonds is 7. The van der Waals surface area contributed by atoms with E-state index in [1.165, 1.54) is 11.1 Å². The van der Waals surface area contributed by atoms with Crippen molar-refractivity contribution in [3.05, 3.63) is 77.6 Å². The van der Waals surface area contributed by atoms with E-state index in [0.29, 0.717) is 29.7 Å².